The average molecular weight is 498 g/mol. The number of rotatable bonds is 7. The highest BCUT2D eigenvalue weighted by Crippen LogP contribution is 2.40. The lowest BCUT2D eigenvalue weighted by molar-refractivity contribution is -0.150. The molecule has 3 rings (SSSR count). The predicted octanol–water partition coefficient (Wildman–Crippen LogP) is 0.546. The maximum Gasteiger partial charge on any atom is 0.352 e. The zero-order valence-electron chi connectivity index (χ0n) is 18.3. The minimum atomic E-state index is -1.32. The summed E-state index contributed by atoms with van der Waals surface area (Å²) >= 11 is 2.37. The molecule has 2 atom stereocenters. The molecule has 2 amide bonds. The third-order valence-electron chi connectivity index (χ3n) is 4.38. The molecule has 14 heteroatoms. The standard InChI is InChI=1S/C19H23N5O7S2/c1-8(25)30-5-9-6-32-16-12(15(27)24(16)13(9)17(28)29)22-14(26)11(23-31-19(2,3)4)10-7-33-18(20)21-10/h7,12,16H,5-6H2,1-4H3,(H2,20,21)(H,22,26)(H,28,29)/t12?,16-/m1/s1. The number of nitrogens with two attached hydrogens (primary N) is 1. The SMILES string of the molecule is CC(=O)OCC1=C(C(=O)O)N2C(=O)C(NC(=O)C(=NOC(C)(C)C)c3csc(N)n3)[C@H]2SC1. The van der Waals surface area contributed by atoms with Crippen molar-refractivity contribution in [2.45, 2.75) is 44.7 Å². The number of carboxylic acid groups (broad SMARTS) is 1. The summed E-state index contributed by atoms with van der Waals surface area (Å²) in [7, 11) is 0. The van der Waals surface area contributed by atoms with Crippen LogP contribution in [0, 0.1) is 0 Å². The quantitative estimate of drug-likeness (QED) is 0.209. The number of fused-ring (bicyclic) bond motifs is 1. The number of carboxylic acids is 1. The monoisotopic (exact) mass is 497 g/mol. The van der Waals surface area contributed by atoms with E-state index in [1.807, 2.05) is 0 Å². The highest BCUT2D eigenvalue weighted by Gasteiger charge is 2.54. The summed E-state index contributed by atoms with van der Waals surface area (Å²) in [6.45, 7) is 6.23. The van der Waals surface area contributed by atoms with E-state index in [9.17, 15) is 24.3 Å². The second-order valence-electron chi connectivity index (χ2n) is 8.11. The molecule has 178 valence electrons. The summed E-state index contributed by atoms with van der Waals surface area (Å²) in [5.41, 5.74) is 5.07. The van der Waals surface area contributed by atoms with Gasteiger partial charge in [0.05, 0.1) is 0 Å². The maximum absolute atomic E-state index is 13.0. The number of thioether (sulfide) groups is 1. The molecule has 12 nitrogen and oxygen atoms in total. The Bertz CT molecular complexity index is 1060. The number of thiazole rings is 1. The molecule has 0 aliphatic carbocycles. The minimum absolute atomic E-state index is 0.158. The van der Waals surface area contributed by atoms with Crippen LogP contribution in [0.25, 0.3) is 0 Å². The predicted molar refractivity (Wildman–Crippen MR) is 120 cm³/mol. The summed E-state index contributed by atoms with van der Waals surface area (Å²) in [5, 5.41) is 17.3. The Morgan fingerprint density at radius 1 is 1.39 bits per heavy atom. The van der Waals surface area contributed by atoms with Gasteiger partial charge in [-0.15, -0.1) is 23.1 Å². The van der Waals surface area contributed by atoms with Crippen LogP contribution in [0.4, 0.5) is 5.13 Å². The number of amides is 2. The number of aromatic nitrogens is 1. The molecule has 1 fully saturated rings. The van der Waals surface area contributed by atoms with Crippen LogP contribution in [0.5, 0.6) is 0 Å². The number of carbonyl (C=O) groups excluding carboxylic acids is 3. The first-order chi connectivity index (χ1) is 15.4. The average Bonchev–Trinajstić information content (AvgIpc) is 3.14. The van der Waals surface area contributed by atoms with Crippen LogP contribution in [-0.4, -0.2) is 73.8 Å². The molecular formula is C19H23N5O7S2. The number of oxime groups is 1. The Balaban J connectivity index is 1.80. The first-order valence-electron chi connectivity index (χ1n) is 9.71. The molecule has 1 aromatic rings. The number of hydrogen-bond donors (Lipinski definition) is 3. The van der Waals surface area contributed by atoms with Crippen LogP contribution in [0.2, 0.25) is 0 Å². The Morgan fingerprint density at radius 3 is 2.64 bits per heavy atom. The van der Waals surface area contributed by atoms with E-state index in [1.54, 1.807) is 20.8 Å². The number of esters is 1. The zero-order valence-corrected chi connectivity index (χ0v) is 19.9. The molecular weight excluding hydrogens is 474 g/mol. The molecule has 2 aliphatic heterocycles. The zero-order chi connectivity index (χ0) is 24.5. The van der Waals surface area contributed by atoms with E-state index in [1.165, 1.54) is 24.1 Å². The van der Waals surface area contributed by atoms with Crippen molar-refractivity contribution >= 4 is 57.7 Å². The summed E-state index contributed by atoms with van der Waals surface area (Å²) < 4.78 is 4.91. The number of nitrogens with zero attached hydrogens (tertiary/aromatic N) is 3. The van der Waals surface area contributed by atoms with E-state index in [4.69, 9.17) is 15.3 Å². The third-order valence-corrected chi connectivity index (χ3v) is 6.39. The van der Waals surface area contributed by atoms with E-state index in [-0.39, 0.29) is 34.6 Å². The van der Waals surface area contributed by atoms with Crippen LogP contribution in [-0.2, 0) is 28.8 Å². The van der Waals surface area contributed by atoms with Gasteiger partial charge in [0.1, 0.15) is 35.0 Å². The third kappa shape index (κ3) is 5.45. The largest absolute Gasteiger partial charge is 0.477 e. The Morgan fingerprint density at radius 2 is 2.09 bits per heavy atom. The molecule has 1 aromatic heterocycles. The number of carbonyl (C=O) groups is 4. The second kappa shape index (κ2) is 9.39. The topological polar surface area (TPSA) is 174 Å². The van der Waals surface area contributed by atoms with Crippen LogP contribution < -0.4 is 11.1 Å². The molecule has 0 bridgehead atoms. The van der Waals surface area contributed by atoms with Crippen molar-refractivity contribution in [3.05, 3.63) is 22.3 Å². The fourth-order valence-corrected chi connectivity index (χ4v) is 4.85. The molecule has 3 heterocycles. The summed E-state index contributed by atoms with van der Waals surface area (Å²) in [5.74, 6) is -2.99. The Kier molecular flexibility index (Phi) is 6.97. The fraction of sp³-hybridized carbons (Fsp3) is 0.474. The molecule has 0 spiro atoms. The summed E-state index contributed by atoms with van der Waals surface area (Å²) in [6.07, 6.45) is 0. The van der Waals surface area contributed by atoms with Gasteiger partial charge in [0.25, 0.3) is 11.8 Å². The molecule has 0 aromatic carbocycles. The molecule has 1 unspecified atom stereocenters. The van der Waals surface area contributed by atoms with Crippen LogP contribution in [0.1, 0.15) is 33.4 Å². The number of aliphatic carboxylic acids is 1. The molecule has 0 radical (unpaired) electrons. The summed E-state index contributed by atoms with van der Waals surface area (Å²) in [6, 6.07) is -0.983. The van der Waals surface area contributed by atoms with Gasteiger partial charge in [0.15, 0.2) is 10.8 Å². The molecule has 33 heavy (non-hydrogen) atoms. The first-order valence-corrected chi connectivity index (χ1v) is 11.6. The van der Waals surface area contributed by atoms with Crippen molar-refractivity contribution in [3.63, 3.8) is 0 Å². The lowest BCUT2D eigenvalue weighted by Gasteiger charge is -2.49. The van der Waals surface area contributed by atoms with Crippen molar-refractivity contribution in [1.29, 1.82) is 0 Å². The molecule has 1 saturated heterocycles. The Labute approximate surface area is 197 Å². The fourth-order valence-electron chi connectivity index (χ4n) is 2.98. The van der Waals surface area contributed by atoms with Crippen molar-refractivity contribution in [2.75, 3.05) is 18.1 Å². The van der Waals surface area contributed by atoms with Gasteiger partial charge >= 0.3 is 11.9 Å². The van der Waals surface area contributed by atoms with Crippen molar-refractivity contribution in [3.8, 4) is 0 Å². The van der Waals surface area contributed by atoms with E-state index >= 15 is 0 Å². The lowest BCUT2D eigenvalue weighted by Crippen LogP contribution is -2.71. The first kappa shape index (κ1) is 24.5. The normalized spacial score (nSPS) is 20.7. The molecule has 2 aliphatic rings. The van der Waals surface area contributed by atoms with E-state index in [0.717, 1.165) is 16.2 Å². The molecule has 4 N–H and O–H groups in total. The van der Waals surface area contributed by atoms with Gasteiger partial charge in [0, 0.05) is 23.6 Å². The number of β-lactam (4-membered cyclic amide) rings is 1. The van der Waals surface area contributed by atoms with Crippen molar-refractivity contribution < 1.29 is 33.9 Å². The lowest BCUT2D eigenvalue weighted by atomic mass is 10.0. The maximum atomic E-state index is 13.0. The van der Waals surface area contributed by atoms with E-state index in [2.05, 4.69) is 15.5 Å². The number of ether oxygens (including phenoxy) is 1. The number of anilines is 1. The highest BCUT2D eigenvalue weighted by molar-refractivity contribution is 8.00. The molecule has 0 saturated carbocycles. The van der Waals surface area contributed by atoms with E-state index < -0.39 is 40.8 Å². The minimum Gasteiger partial charge on any atom is -0.477 e. The van der Waals surface area contributed by atoms with Gasteiger partial charge in [-0.3, -0.25) is 19.3 Å². The number of hydrogen-bond acceptors (Lipinski definition) is 11. The summed E-state index contributed by atoms with van der Waals surface area (Å²) in [4.78, 5) is 59.2. The number of nitrogen functional groups attached to an aromatic ring is 1. The van der Waals surface area contributed by atoms with Gasteiger partial charge in [0.2, 0.25) is 0 Å². The van der Waals surface area contributed by atoms with Gasteiger partial charge in [-0.05, 0) is 20.8 Å². The van der Waals surface area contributed by atoms with Gasteiger partial charge in [-0.1, -0.05) is 5.16 Å². The van der Waals surface area contributed by atoms with Crippen molar-refractivity contribution in [1.82, 2.24) is 15.2 Å². The Hall–Kier alpha value is -3.13. The van der Waals surface area contributed by atoms with Gasteiger partial charge in [-0.25, -0.2) is 9.78 Å². The van der Waals surface area contributed by atoms with E-state index in [0.29, 0.717) is 5.57 Å². The van der Waals surface area contributed by atoms with Crippen LogP contribution >= 0.6 is 23.1 Å². The van der Waals surface area contributed by atoms with Crippen molar-refractivity contribution in [2.24, 2.45) is 5.16 Å². The smallest absolute Gasteiger partial charge is 0.352 e. The highest BCUT2D eigenvalue weighted by atomic mass is 32.2. The van der Waals surface area contributed by atoms with Crippen LogP contribution in [0.15, 0.2) is 21.8 Å². The van der Waals surface area contributed by atoms with Gasteiger partial charge < -0.3 is 25.7 Å². The van der Waals surface area contributed by atoms with Gasteiger partial charge in [-0.2, -0.15) is 0 Å². The number of nitrogens with one attached hydrogen (secondary N) is 1. The van der Waals surface area contributed by atoms with Crippen LogP contribution in [0.3, 0.4) is 0 Å². The second-order valence-corrected chi connectivity index (χ2v) is 10.1.